The van der Waals surface area contributed by atoms with E-state index in [1.807, 2.05) is 11.9 Å². The summed E-state index contributed by atoms with van der Waals surface area (Å²) in [4.78, 5) is 13.3. The van der Waals surface area contributed by atoms with E-state index < -0.39 is 0 Å². The fourth-order valence-electron chi connectivity index (χ4n) is 2.48. The zero-order valence-corrected chi connectivity index (χ0v) is 8.57. The van der Waals surface area contributed by atoms with Crippen molar-refractivity contribution in [3.63, 3.8) is 0 Å². The standard InChI is InChI=1S/C10H17N3O/c1-3-10(14)12-4-8-6-13(11-2)7-9(8)5-12/h3,8-9,11H,1,4-7H2,2H3. The van der Waals surface area contributed by atoms with Gasteiger partial charge in [0.2, 0.25) is 5.91 Å². The number of nitrogens with zero attached hydrogens (tertiary/aromatic N) is 2. The number of nitrogens with one attached hydrogen (secondary N) is 1. The summed E-state index contributed by atoms with van der Waals surface area (Å²) in [6, 6.07) is 0. The summed E-state index contributed by atoms with van der Waals surface area (Å²) in [6.45, 7) is 7.42. The molecule has 0 bridgehead atoms. The normalized spacial score (nSPS) is 31.9. The number of hydrogen-bond acceptors (Lipinski definition) is 3. The van der Waals surface area contributed by atoms with Gasteiger partial charge in [-0.15, -0.1) is 0 Å². The first-order valence-corrected chi connectivity index (χ1v) is 5.08. The van der Waals surface area contributed by atoms with Crippen LogP contribution in [0.4, 0.5) is 0 Å². The van der Waals surface area contributed by atoms with Crippen molar-refractivity contribution in [2.75, 3.05) is 33.2 Å². The van der Waals surface area contributed by atoms with Crippen LogP contribution in [0.5, 0.6) is 0 Å². The Bertz CT molecular complexity index is 240. The molecule has 2 heterocycles. The Balaban J connectivity index is 1.93. The summed E-state index contributed by atoms with van der Waals surface area (Å²) in [5.41, 5.74) is 3.16. The predicted molar refractivity (Wildman–Crippen MR) is 54.4 cm³/mol. The molecule has 2 unspecified atom stereocenters. The minimum atomic E-state index is 0.0791. The second kappa shape index (κ2) is 3.71. The molecule has 2 aliphatic heterocycles. The second-order valence-electron chi connectivity index (χ2n) is 4.10. The SMILES string of the molecule is C=CC(=O)N1CC2CN(NC)CC2C1. The van der Waals surface area contributed by atoms with E-state index in [0.717, 1.165) is 26.2 Å². The molecule has 2 aliphatic rings. The first-order chi connectivity index (χ1) is 6.74. The Morgan fingerprint density at radius 3 is 2.36 bits per heavy atom. The molecule has 2 fully saturated rings. The van der Waals surface area contributed by atoms with Crippen molar-refractivity contribution in [2.24, 2.45) is 11.8 Å². The third-order valence-corrected chi connectivity index (χ3v) is 3.29. The summed E-state index contributed by atoms with van der Waals surface area (Å²) in [5.74, 6) is 1.37. The summed E-state index contributed by atoms with van der Waals surface area (Å²) in [6.07, 6.45) is 1.41. The van der Waals surface area contributed by atoms with Gasteiger partial charge in [-0.2, -0.15) is 0 Å². The smallest absolute Gasteiger partial charge is 0.245 e. The van der Waals surface area contributed by atoms with Gasteiger partial charge in [-0.3, -0.25) is 10.2 Å². The summed E-state index contributed by atoms with van der Waals surface area (Å²) in [7, 11) is 1.95. The minimum Gasteiger partial charge on any atom is -0.339 e. The minimum absolute atomic E-state index is 0.0791. The summed E-state index contributed by atoms with van der Waals surface area (Å²) >= 11 is 0. The first kappa shape index (κ1) is 9.68. The van der Waals surface area contributed by atoms with E-state index in [1.54, 1.807) is 0 Å². The van der Waals surface area contributed by atoms with Crippen LogP contribution < -0.4 is 5.43 Å². The highest BCUT2D eigenvalue weighted by Crippen LogP contribution is 2.29. The highest BCUT2D eigenvalue weighted by atomic mass is 16.2. The quantitative estimate of drug-likeness (QED) is 0.614. The number of likely N-dealkylation sites (tertiary alicyclic amines) is 1. The lowest BCUT2D eigenvalue weighted by atomic mass is 10.0. The van der Waals surface area contributed by atoms with E-state index in [1.165, 1.54) is 6.08 Å². The van der Waals surface area contributed by atoms with Gasteiger partial charge in [0.25, 0.3) is 0 Å². The number of amides is 1. The van der Waals surface area contributed by atoms with E-state index in [9.17, 15) is 4.79 Å². The molecular weight excluding hydrogens is 178 g/mol. The molecule has 1 amide bonds. The van der Waals surface area contributed by atoms with Gasteiger partial charge in [-0.1, -0.05) is 6.58 Å². The highest BCUT2D eigenvalue weighted by molar-refractivity contribution is 5.87. The lowest BCUT2D eigenvalue weighted by molar-refractivity contribution is -0.125. The molecule has 0 aromatic heterocycles. The molecule has 0 aliphatic carbocycles. The van der Waals surface area contributed by atoms with Gasteiger partial charge in [-0.25, -0.2) is 5.01 Å². The van der Waals surface area contributed by atoms with Crippen molar-refractivity contribution in [3.05, 3.63) is 12.7 Å². The van der Waals surface area contributed by atoms with Crippen molar-refractivity contribution in [1.82, 2.24) is 15.3 Å². The number of hydrogen-bond donors (Lipinski definition) is 1. The maximum absolute atomic E-state index is 11.4. The largest absolute Gasteiger partial charge is 0.339 e. The lowest BCUT2D eigenvalue weighted by Crippen LogP contribution is -2.37. The van der Waals surface area contributed by atoms with E-state index in [4.69, 9.17) is 0 Å². The van der Waals surface area contributed by atoms with Crippen LogP contribution in [-0.4, -0.2) is 49.0 Å². The molecule has 4 heteroatoms. The average molecular weight is 195 g/mol. The van der Waals surface area contributed by atoms with Crippen LogP contribution >= 0.6 is 0 Å². The zero-order valence-electron chi connectivity index (χ0n) is 8.57. The van der Waals surface area contributed by atoms with Gasteiger partial charge < -0.3 is 4.90 Å². The maximum Gasteiger partial charge on any atom is 0.245 e. The predicted octanol–water partition coefficient (Wildman–Crippen LogP) is -0.303. The molecule has 14 heavy (non-hydrogen) atoms. The first-order valence-electron chi connectivity index (χ1n) is 5.08. The fraction of sp³-hybridized carbons (Fsp3) is 0.700. The van der Waals surface area contributed by atoms with E-state index in [2.05, 4.69) is 17.0 Å². The van der Waals surface area contributed by atoms with Crippen molar-refractivity contribution in [3.8, 4) is 0 Å². The van der Waals surface area contributed by atoms with Crippen molar-refractivity contribution in [2.45, 2.75) is 0 Å². The third kappa shape index (κ3) is 1.55. The zero-order chi connectivity index (χ0) is 10.1. The molecule has 2 saturated heterocycles. The molecule has 78 valence electrons. The number of hydrazine groups is 1. The van der Waals surface area contributed by atoms with Crippen molar-refractivity contribution < 1.29 is 4.79 Å². The van der Waals surface area contributed by atoms with Crippen molar-refractivity contribution >= 4 is 5.91 Å². The Morgan fingerprint density at radius 2 is 1.93 bits per heavy atom. The van der Waals surface area contributed by atoms with Crippen molar-refractivity contribution in [1.29, 1.82) is 0 Å². The van der Waals surface area contributed by atoms with Gasteiger partial charge in [0.1, 0.15) is 0 Å². The van der Waals surface area contributed by atoms with Gasteiger partial charge in [-0.05, 0) is 25.0 Å². The second-order valence-corrected chi connectivity index (χ2v) is 4.10. The number of carbonyl (C=O) groups is 1. The summed E-state index contributed by atoms with van der Waals surface area (Å²) < 4.78 is 0. The van der Waals surface area contributed by atoms with E-state index in [-0.39, 0.29) is 5.91 Å². The molecule has 0 radical (unpaired) electrons. The average Bonchev–Trinajstić information content (AvgIpc) is 2.72. The molecule has 0 saturated carbocycles. The van der Waals surface area contributed by atoms with E-state index >= 15 is 0 Å². The van der Waals surface area contributed by atoms with E-state index in [0.29, 0.717) is 11.8 Å². The Morgan fingerprint density at radius 1 is 1.36 bits per heavy atom. The Hall–Kier alpha value is -0.870. The summed E-state index contributed by atoms with van der Waals surface area (Å²) in [5, 5.41) is 2.23. The molecule has 4 nitrogen and oxygen atoms in total. The van der Waals surface area contributed by atoms with Gasteiger partial charge in [0.05, 0.1) is 0 Å². The highest BCUT2D eigenvalue weighted by Gasteiger charge is 2.40. The van der Waals surface area contributed by atoms with Crippen LogP contribution in [0.1, 0.15) is 0 Å². The Kier molecular flexibility index (Phi) is 2.56. The number of rotatable bonds is 2. The van der Waals surface area contributed by atoms with Crippen LogP contribution in [-0.2, 0) is 4.79 Å². The molecule has 2 rings (SSSR count). The van der Waals surface area contributed by atoms with Crippen LogP contribution in [0.2, 0.25) is 0 Å². The molecule has 0 aromatic carbocycles. The molecule has 2 atom stereocenters. The fourth-order valence-corrected chi connectivity index (χ4v) is 2.48. The monoisotopic (exact) mass is 195 g/mol. The Labute approximate surface area is 84.5 Å². The van der Waals surface area contributed by atoms with Crippen LogP contribution in [0.15, 0.2) is 12.7 Å². The van der Waals surface area contributed by atoms with Crippen LogP contribution in [0.3, 0.4) is 0 Å². The van der Waals surface area contributed by atoms with Crippen LogP contribution in [0.25, 0.3) is 0 Å². The van der Waals surface area contributed by atoms with Gasteiger partial charge in [0, 0.05) is 26.2 Å². The third-order valence-electron chi connectivity index (χ3n) is 3.29. The van der Waals surface area contributed by atoms with Gasteiger partial charge >= 0.3 is 0 Å². The topological polar surface area (TPSA) is 35.6 Å². The number of fused-ring (bicyclic) bond motifs is 1. The maximum atomic E-state index is 11.4. The lowest BCUT2D eigenvalue weighted by Gasteiger charge is -2.19. The van der Waals surface area contributed by atoms with Crippen LogP contribution in [0, 0.1) is 11.8 Å². The number of carbonyl (C=O) groups excluding carboxylic acids is 1. The molecular formula is C10H17N3O. The molecule has 0 aromatic rings. The molecule has 0 spiro atoms. The molecule has 1 N–H and O–H groups in total. The van der Waals surface area contributed by atoms with Gasteiger partial charge in [0.15, 0.2) is 0 Å².